The Kier molecular flexibility index (Phi) is 5.27. The third-order valence-electron chi connectivity index (χ3n) is 4.31. The van der Waals surface area contributed by atoms with Gasteiger partial charge in [0.05, 0.1) is 15.5 Å². The number of oxazole rings is 1. The predicted molar refractivity (Wildman–Crippen MR) is 115 cm³/mol. The van der Waals surface area contributed by atoms with E-state index < -0.39 is 14.9 Å². The highest BCUT2D eigenvalue weighted by molar-refractivity contribution is 9.10. The van der Waals surface area contributed by atoms with Gasteiger partial charge in [-0.05, 0) is 48.0 Å². The number of anilines is 1. The molecule has 1 heterocycles. The summed E-state index contributed by atoms with van der Waals surface area (Å²) in [5, 5.41) is 10.7. The first-order valence-electron chi connectivity index (χ1n) is 8.71. The van der Waals surface area contributed by atoms with Crippen LogP contribution in [0, 0.1) is 10.1 Å². The molecule has 152 valence electrons. The molecule has 10 heteroatoms. The van der Waals surface area contributed by atoms with Gasteiger partial charge >= 0.3 is 0 Å². The minimum Gasteiger partial charge on any atom is -0.440 e. The Labute approximate surface area is 179 Å². The molecule has 0 spiro atoms. The van der Waals surface area contributed by atoms with Crippen molar-refractivity contribution in [3.05, 3.63) is 92.8 Å². The van der Waals surface area contributed by atoms with Crippen molar-refractivity contribution in [2.45, 2.75) is 11.3 Å². The lowest BCUT2D eigenvalue weighted by atomic mass is 10.1. The zero-order valence-electron chi connectivity index (χ0n) is 15.3. The van der Waals surface area contributed by atoms with Gasteiger partial charge in [0.1, 0.15) is 5.52 Å². The first-order valence-corrected chi connectivity index (χ1v) is 11.0. The quantitative estimate of drug-likeness (QED) is 0.305. The van der Waals surface area contributed by atoms with Crippen LogP contribution in [0.1, 0.15) is 11.5 Å². The van der Waals surface area contributed by atoms with Gasteiger partial charge in [0.2, 0.25) is 0 Å². The molecule has 30 heavy (non-hydrogen) atoms. The zero-order chi connectivity index (χ0) is 21.3. The highest BCUT2D eigenvalue weighted by Crippen LogP contribution is 2.24. The Morgan fingerprint density at radius 1 is 1.03 bits per heavy atom. The number of halogens is 1. The maximum Gasteiger partial charge on any atom is 0.269 e. The van der Waals surface area contributed by atoms with Gasteiger partial charge in [-0.1, -0.05) is 28.1 Å². The molecular formula is C20H14BrN3O5S. The van der Waals surface area contributed by atoms with Gasteiger partial charge < -0.3 is 4.42 Å². The minimum absolute atomic E-state index is 0.0794. The first kappa shape index (κ1) is 20.0. The Morgan fingerprint density at radius 3 is 2.40 bits per heavy atom. The molecule has 0 aliphatic heterocycles. The number of fused-ring (bicyclic) bond motifs is 1. The van der Waals surface area contributed by atoms with Crippen LogP contribution < -0.4 is 4.72 Å². The van der Waals surface area contributed by atoms with Crippen molar-refractivity contribution in [3.63, 3.8) is 0 Å². The van der Waals surface area contributed by atoms with E-state index in [1.54, 1.807) is 18.2 Å². The van der Waals surface area contributed by atoms with Crippen molar-refractivity contribution in [1.29, 1.82) is 0 Å². The molecule has 0 unspecified atom stereocenters. The van der Waals surface area contributed by atoms with Gasteiger partial charge in [0.15, 0.2) is 11.5 Å². The Balaban J connectivity index is 1.55. The number of benzene rings is 3. The first-order chi connectivity index (χ1) is 14.3. The molecule has 3 aromatic carbocycles. The van der Waals surface area contributed by atoms with E-state index >= 15 is 0 Å². The number of rotatable bonds is 6. The average molecular weight is 488 g/mol. The number of hydrogen-bond donors (Lipinski definition) is 1. The monoisotopic (exact) mass is 487 g/mol. The molecule has 0 atom stereocenters. The van der Waals surface area contributed by atoms with Crippen molar-refractivity contribution in [1.82, 2.24) is 4.98 Å². The van der Waals surface area contributed by atoms with E-state index in [-0.39, 0.29) is 10.6 Å². The third kappa shape index (κ3) is 4.34. The smallest absolute Gasteiger partial charge is 0.269 e. The molecule has 0 aliphatic rings. The second-order valence-electron chi connectivity index (χ2n) is 6.45. The summed E-state index contributed by atoms with van der Waals surface area (Å²) in [5.74, 6) is 0.516. The van der Waals surface area contributed by atoms with Crippen molar-refractivity contribution < 1.29 is 17.8 Å². The number of nitro groups is 1. The van der Waals surface area contributed by atoms with Gasteiger partial charge in [-0.2, -0.15) is 0 Å². The van der Waals surface area contributed by atoms with Crippen molar-refractivity contribution in [3.8, 4) is 0 Å². The van der Waals surface area contributed by atoms with Crippen LogP contribution in [0.5, 0.6) is 0 Å². The Morgan fingerprint density at radius 2 is 1.73 bits per heavy atom. The lowest BCUT2D eigenvalue weighted by Gasteiger charge is -2.07. The summed E-state index contributed by atoms with van der Waals surface area (Å²) in [4.78, 5) is 14.5. The molecule has 8 nitrogen and oxygen atoms in total. The second kappa shape index (κ2) is 7.88. The summed E-state index contributed by atoms with van der Waals surface area (Å²) in [6.45, 7) is 0. The van der Waals surface area contributed by atoms with Gasteiger partial charge in [-0.25, -0.2) is 13.4 Å². The molecule has 0 saturated carbocycles. The van der Waals surface area contributed by atoms with Crippen LogP contribution in [-0.4, -0.2) is 18.3 Å². The average Bonchev–Trinajstić information content (AvgIpc) is 3.11. The van der Waals surface area contributed by atoms with Crippen LogP contribution in [0.4, 0.5) is 11.4 Å². The normalized spacial score (nSPS) is 11.5. The highest BCUT2D eigenvalue weighted by Gasteiger charge is 2.17. The SMILES string of the molecule is O=[N+]([O-])c1ccc(S(=O)(=O)Nc2ccc3oc(Cc4ccc(Br)cc4)nc3c2)cc1. The highest BCUT2D eigenvalue weighted by atomic mass is 79.9. The van der Waals surface area contributed by atoms with Crippen LogP contribution in [0.25, 0.3) is 11.1 Å². The maximum atomic E-state index is 12.6. The molecule has 1 N–H and O–H groups in total. The zero-order valence-corrected chi connectivity index (χ0v) is 17.7. The largest absolute Gasteiger partial charge is 0.440 e. The standard InChI is InChI=1S/C20H14BrN3O5S/c21-14-3-1-13(2-4-14)11-20-22-18-12-15(5-10-19(18)29-20)23-30(27,28)17-8-6-16(7-9-17)24(25)26/h1-10,12,23H,11H2. The van der Waals surface area contributed by atoms with E-state index in [2.05, 4.69) is 25.6 Å². The van der Waals surface area contributed by atoms with Gasteiger partial charge in [0.25, 0.3) is 15.7 Å². The summed E-state index contributed by atoms with van der Waals surface area (Å²) < 4.78 is 34.3. The summed E-state index contributed by atoms with van der Waals surface area (Å²) in [5.41, 5.74) is 2.22. The molecule has 4 rings (SSSR count). The molecule has 4 aromatic rings. The van der Waals surface area contributed by atoms with E-state index in [0.29, 0.717) is 29.1 Å². The number of nitrogens with zero attached hydrogens (tertiary/aromatic N) is 2. The number of non-ortho nitro benzene ring substituents is 1. The van der Waals surface area contributed by atoms with E-state index in [4.69, 9.17) is 4.42 Å². The van der Waals surface area contributed by atoms with Gasteiger partial charge in [-0.3, -0.25) is 14.8 Å². The number of nitro benzene ring substituents is 1. The number of aromatic nitrogens is 1. The number of sulfonamides is 1. The van der Waals surface area contributed by atoms with Gasteiger partial charge in [0, 0.05) is 23.0 Å². The number of hydrogen-bond acceptors (Lipinski definition) is 6. The molecular weight excluding hydrogens is 474 g/mol. The van der Waals surface area contributed by atoms with E-state index in [1.165, 1.54) is 12.1 Å². The lowest BCUT2D eigenvalue weighted by Crippen LogP contribution is -2.12. The van der Waals surface area contributed by atoms with Crippen molar-refractivity contribution >= 4 is 48.4 Å². The maximum absolute atomic E-state index is 12.6. The van der Waals surface area contributed by atoms with Crippen LogP contribution in [0.3, 0.4) is 0 Å². The molecule has 0 saturated heterocycles. The fourth-order valence-electron chi connectivity index (χ4n) is 2.85. The van der Waals surface area contributed by atoms with Crippen molar-refractivity contribution in [2.24, 2.45) is 0 Å². The predicted octanol–water partition coefficient (Wildman–Crippen LogP) is 4.89. The third-order valence-corrected chi connectivity index (χ3v) is 6.24. The minimum atomic E-state index is -3.91. The van der Waals surface area contributed by atoms with Gasteiger partial charge in [-0.15, -0.1) is 0 Å². The molecule has 0 radical (unpaired) electrons. The fraction of sp³-hybridized carbons (Fsp3) is 0.0500. The topological polar surface area (TPSA) is 115 Å². The Hall–Kier alpha value is -3.24. The number of nitrogens with one attached hydrogen (secondary N) is 1. The lowest BCUT2D eigenvalue weighted by molar-refractivity contribution is -0.384. The molecule has 1 aromatic heterocycles. The second-order valence-corrected chi connectivity index (χ2v) is 9.05. The molecule has 0 amide bonds. The van der Waals surface area contributed by atoms with E-state index in [9.17, 15) is 18.5 Å². The van der Waals surface area contributed by atoms with Crippen LogP contribution in [0.2, 0.25) is 0 Å². The fourth-order valence-corrected chi connectivity index (χ4v) is 4.17. The summed E-state index contributed by atoms with van der Waals surface area (Å²) in [6, 6.07) is 17.2. The van der Waals surface area contributed by atoms with Crippen LogP contribution in [0.15, 0.2) is 80.5 Å². The molecule has 0 bridgehead atoms. The van der Waals surface area contributed by atoms with Crippen LogP contribution in [-0.2, 0) is 16.4 Å². The van der Waals surface area contributed by atoms with E-state index in [1.807, 2.05) is 24.3 Å². The summed E-state index contributed by atoms with van der Waals surface area (Å²) >= 11 is 3.39. The molecule has 0 fully saturated rings. The summed E-state index contributed by atoms with van der Waals surface area (Å²) in [6.07, 6.45) is 0.506. The van der Waals surface area contributed by atoms with Crippen molar-refractivity contribution in [2.75, 3.05) is 4.72 Å². The van der Waals surface area contributed by atoms with Crippen LogP contribution >= 0.6 is 15.9 Å². The molecule has 0 aliphatic carbocycles. The summed E-state index contributed by atoms with van der Waals surface area (Å²) in [7, 11) is -3.91. The Bertz CT molecular complexity index is 1330. The van der Waals surface area contributed by atoms with E-state index in [0.717, 1.165) is 22.2 Å².